The Bertz CT molecular complexity index is 906. The van der Waals surface area contributed by atoms with Gasteiger partial charge in [-0.25, -0.2) is 0 Å². The van der Waals surface area contributed by atoms with Crippen molar-refractivity contribution in [3.05, 3.63) is 64.7 Å². The van der Waals surface area contributed by atoms with Crippen LogP contribution in [0.2, 0.25) is 0 Å². The molecular formula is C20H19N3O2. The predicted octanol–water partition coefficient (Wildman–Crippen LogP) is 2.44. The highest BCUT2D eigenvalue weighted by atomic mass is 16.5. The first-order chi connectivity index (χ1) is 12.2. The molecule has 0 saturated heterocycles. The summed E-state index contributed by atoms with van der Waals surface area (Å²) in [4.78, 5) is 14.9. The van der Waals surface area contributed by atoms with Crippen molar-refractivity contribution in [2.75, 3.05) is 18.1 Å². The van der Waals surface area contributed by atoms with E-state index in [-0.39, 0.29) is 18.1 Å². The van der Waals surface area contributed by atoms with E-state index in [2.05, 4.69) is 16.3 Å². The molecule has 3 aliphatic rings. The van der Waals surface area contributed by atoms with Gasteiger partial charge < -0.3 is 20.7 Å². The van der Waals surface area contributed by atoms with Gasteiger partial charge in [-0.1, -0.05) is 30.3 Å². The minimum atomic E-state index is -0.193. The average Bonchev–Trinajstić information content (AvgIpc) is 2.66. The first-order valence-corrected chi connectivity index (χ1v) is 8.60. The van der Waals surface area contributed by atoms with Crippen molar-refractivity contribution in [1.29, 1.82) is 0 Å². The van der Waals surface area contributed by atoms with Crippen LogP contribution in [-0.2, 0) is 0 Å². The molecule has 25 heavy (non-hydrogen) atoms. The number of fused-ring (bicyclic) bond motifs is 1. The highest BCUT2D eigenvalue weighted by molar-refractivity contribution is 6.03. The quantitative estimate of drug-likeness (QED) is 0.841. The molecule has 5 rings (SSSR count). The monoisotopic (exact) mass is 333 g/mol. The van der Waals surface area contributed by atoms with E-state index in [9.17, 15) is 4.79 Å². The maximum absolute atomic E-state index is 12.7. The van der Waals surface area contributed by atoms with Crippen LogP contribution in [0.5, 0.6) is 5.75 Å². The number of carbonyl (C=O) groups is 1. The zero-order valence-corrected chi connectivity index (χ0v) is 13.7. The van der Waals surface area contributed by atoms with Crippen LogP contribution >= 0.6 is 0 Å². The molecule has 1 amide bonds. The fourth-order valence-electron chi connectivity index (χ4n) is 4.03. The van der Waals surface area contributed by atoms with Crippen molar-refractivity contribution < 1.29 is 9.53 Å². The maximum Gasteiger partial charge on any atom is 0.255 e. The van der Waals surface area contributed by atoms with Gasteiger partial charge in [-0.15, -0.1) is 0 Å². The number of amides is 1. The van der Waals surface area contributed by atoms with Gasteiger partial charge in [-0.05, 0) is 30.2 Å². The Morgan fingerprint density at radius 2 is 2.04 bits per heavy atom. The van der Waals surface area contributed by atoms with Crippen LogP contribution in [0.3, 0.4) is 0 Å². The van der Waals surface area contributed by atoms with Gasteiger partial charge in [0.05, 0.1) is 11.3 Å². The van der Waals surface area contributed by atoms with Gasteiger partial charge in [0.2, 0.25) is 0 Å². The second-order valence-electron chi connectivity index (χ2n) is 6.75. The molecule has 0 spiro atoms. The van der Waals surface area contributed by atoms with Crippen LogP contribution < -0.4 is 20.7 Å². The molecule has 3 heterocycles. The Balaban J connectivity index is 1.61. The van der Waals surface area contributed by atoms with E-state index < -0.39 is 0 Å². The summed E-state index contributed by atoms with van der Waals surface area (Å²) < 4.78 is 5.90. The average molecular weight is 333 g/mol. The molecule has 0 aliphatic carbocycles. The molecule has 0 saturated carbocycles. The summed E-state index contributed by atoms with van der Waals surface area (Å²) in [6.45, 7) is 1.29. The van der Waals surface area contributed by atoms with Gasteiger partial charge in [0, 0.05) is 23.7 Å². The largest absolute Gasteiger partial charge is 0.488 e. The first-order valence-electron chi connectivity index (χ1n) is 8.60. The van der Waals surface area contributed by atoms with Crippen LogP contribution in [0, 0.1) is 0 Å². The van der Waals surface area contributed by atoms with E-state index in [0.29, 0.717) is 12.2 Å². The van der Waals surface area contributed by atoms with Crippen LogP contribution in [0.1, 0.15) is 33.9 Å². The van der Waals surface area contributed by atoms with Gasteiger partial charge in [0.15, 0.2) is 0 Å². The molecule has 0 aromatic heterocycles. The van der Waals surface area contributed by atoms with E-state index in [0.717, 1.165) is 41.1 Å². The zero-order valence-electron chi connectivity index (χ0n) is 13.7. The fraction of sp³-hybridized carbons (Fsp3) is 0.250. The molecule has 0 bridgehead atoms. The molecule has 2 aromatic carbocycles. The summed E-state index contributed by atoms with van der Waals surface area (Å²) in [7, 11) is 0. The lowest BCUT2D eigenvalue weighted by Crippen LogP contribution is -2.57. The highest BCUT2D eigenvalue weighted by Crippen LogP contribution is 2.40. The number of benzene rings is 2. The number of nitrogens with one attached hydrogen (secondary N) is 1. The summed E-state index contributed by atoms with van der Waals surface area (Å²) in [5.74, 6) is 0.835. The Kier molecular flexibility index (Phi) is 3.12. The topological polar surface area (TPSA) is 67.6 Å². The van der Waals surface area contributed by atoms with Crippen molar-refractivity contribution >= 4 is 17.7 Å². The molecule has 2 aromatic rings. The van der Waals surface area contributed by atoms with Crippen molar-refractivity contribution in [2.24, 2.45) is 5.73 Å². The lowest BCUT2D eigenvalue weighted by molar-refractivity contribution is 0.0930. The molecule has 5 heteroatoms. The number of nitrogens with zero attached hydrogens (tertiary/aromatic N) is 1. The molecule has 3 aliphatic heterocycles. The van der Waals surface area contributed by atoms with Crippen molar-refractivity contribution in [2.45, 2.75) is 18.6 Å². The standard InChI is InChI=1S/C20H19N3O2/c21-16-8-9-23-18-14(16)5-3-6-15(18)20(24)22-19(23)13-10-12-4-1-2-7-17(12)25-11-13/h1-7,10,16,19H,8-9,11,21H2,(H,22,24)/t16-,19-/m1/s1. The molecule has 0 fully saturated rings. The third-order valence-corrected chi connectivity index (χ3v) is 5.26. The predicted molar refractivity (Wildman–Crippen MR) is 96.5 cm³/mol. The van der Waals surface area contributed by atoms with E-state index in [1.165, 1.54) is 0 Å². The minimum Gasteiger partial charge on any atom is -0.488 e. The summed E-state index contributed by atoms with van der Waals surface area (Å²) in [6, 6.07) is 13.8. The molecule has 2 atom stereocenters. The number of hydrogen-bond acceptors (Lipinski definition) is 4. The Hall–Kier alpha value is -2.79. The van der Waals surface area contributed by atoms with E-state index in [1.54, 1.807) is 0 Å². The van der Waals surface area contributed by atoms with Gasteiger partial charge in [0.1, 0.15) is 18.5 Å². The lowest BCUT2D eigenvalue weighted by atomic mass is 9.90. The van der Waals surface area contributed by atoms with E-state index in [4.69, 9.17) is 10.5 Å². The summed E-state index contributed by atoms with van der Waals surface area (Å²) in [6.07, 6.45) is 2.81. The smallest absolute Gasteiger partial charge is 0.255 e. The summed E-state index contributed by atoms with van der Waals surface area (Å²) in [5.41, 5.74) is 11.1. The second-order valence-corrected chi connectivity index (χ2v) is 6.75. The Morgan fingerprint density at radius 1 is 1.16 bits per heavy atom. The third kappa shape index (κ3) is 2.16. The van der Waals surface area contributed by atoms with Crippen molar-refractivity contribution in [1.82, 2.24) is 5.32 Å². The normalized spacial score (nSPS) is 23.8. The molecule has 126 valence electrons. The number of ether oxygens (including phenoxy) is 1. The van der Waals surface area contributed by atoms with Crippen molar-refractivity contribution in [3.8, 4) is 5.75 Å². The molecule has 0 unspecified atom stereocenters. The summed E-state index contributed by atoms with van der Waals surface area (Å²) >= 11 is 0. The van der Waals surface area contributed by atoms with Crippen LogP contribution in [-0.4, -0.2) is 25.2 Å². The van der Waals surface area contributed by atoms with E-state index >= 15 is 0 Å². The highest BCUT2D eigenvalue weighted by Gasteiger charge is 2.38. The lowest BCUT2D eigenvalue weighted by Gasteiger charge is -2.45. The Morgan fingerprint density at radius 3 is 2.96 bits per heavy atom. The SMILES string of the molecule is N[C@@H]1CCN2c3c(cccc31)C(=O)N[C@H]2C1=Cc2ccccc2OC1. The van der Waals surface area contributed by atoms with Crippen molar-refractivity contribution in [3.63, 3.8) is 0 Å². The number of hydrogen-bond donors (Lipinski definition) is 2. The molecule has 0 radical (unpaired) electrons. The van der Waals surface area contributed by atoms with Gasteiger partial charge >= 0.3 is 0 Å². The van der Waals surface area contributed by atoms with Crippen LogP contribution in [0.15, 0.2) is 48.0 Å². The number of carbonyl (C=O) groups excluding carboxylic acids is 1. The number of para-hydroxylation sites is 2. The number of nitrogens with two attached hydrogens (primary N) is 1. The third-order valence-electron chi connectivity index (χ3n) is 5.26. The number of anilines is 1. The zero-order chi connectivity index (χ0) is 17.0. The minimum absolute atomic E-state index is 0.0185. The fourth-order valence-corrected chi connectivity index (χ4v) is 4.03. The maximum atomic E-state index is 12.7. The number of rotatable bonds is 1. The van der Waals surface area contributed by atoms with Gasteiger partial charge in [-0.2, -0.15) is 0 Å². The molecule has 3 N–H and O–H groups in total. The van der Waals surface area contributed by atoms with E-state index in [1.807, 2.05) is 42.5 Å². The molecule has 5 nitrogen and oxygen atoms in total. The van der Waals surface area contributed by atoms with Gasteiger partial charge in [-0.3, -0.25) is 4.79 Å². The summed E-state index contributed by atoms with van der Waals surface area (Å²) in [5, 5.41) is 3.15. The molecular weight excluding hydrogens is 314 g/mol. The first kappa shape index (κ1) is 14.5. The second kappa shape index (κ2) is 5.36. The van der Waals surface area contributed by atoms with Crippen LogP contribution in [0.25, 0.3) is 6.08 Å². The van der Waals surface area contributed by atoms with Gasteiger partial charge in [0.25, 0.3) is 5.91 Å². The van der Waals surface area contributed by atoms with Crippen LogP contribution in [0.4, 0.5) is 5.69 Å². The Labute approximate surface area is 146 Å².